The molecule has 2 aromatic heterocycles. The van der Waals surface area contributed by atoms with E-state index in [9.17, 15) is 0 Å². The highest BCUT2D eigenvalue weighted by Crippen LogP contribution is 2.11. The van der Waals surface area contributed by atoms with Crippen LogP contribution >= 0.6 is 22.7 Å². The second-order valence-corrected chi connectivity index (χ2v) is 6.56. The highest BCUT2D eigenvalue weighted by molar-refractivity contribution is 7.10. The van der Waals surface area contributed by atoms with Crippen LogP contribution in [0.3, 0.4) is 0 Å². The van der Waals surface area contributed by atoms with Gasteiger partial charge in [0.05, 0.1) is 23.8 Å². The van der Waals surface area contributed by atoms with Crippen molar-refractivity contribution in [1.29, 1.82) is 0 Å². The van der Waals surface area contributed by atoms with Crippen LogP contribution in [0.4, 0.5) is 0 Å². The molecular formula is C14H20N4S2. The average molecular weight is 308 g/mol. The lowest BCUT2D eigenvalue weighted by atomic mass is 10.4. The van der Waals surface area contributed by atoms with Crippen LogP contribution in [0.5, 0.6) is 0 Å². The predicted octanol–water partition coefficient (Wildman–Crippen LogP) is 3.11. The number of nitrogens with zero attached hydrogens (tertiary/aromatic N) is 3. The fraction of sp³-hybridized carbons (Fsp3) is 0.429. The molecular weight excluding hydrogens is 288 g/mol. The maximum absolute atomic E-state index is 4.68. The largest absolute Gasteiger partial charge is 0.357 e. The Labute approximate surface area is 128 Å². The first-order valence-electron chi connectivity index (χ1n) is 6.62. The zero-order chi connectivity index (χ0) is 14.4. The van der Waals surface area contributed by atoms with E-state index in [0.29, 0.717) is 0 Å². The van der Waals surface area contributed by atoms with E-state index < -0.39 is 0 Å². The minimum absolute atomic E-state index is 0.723. The third-order valence-electron chi connectivity index (χ3n) is 2.73. The lowest BCUT2D eigenvalue weighted by Gasteiger charge is -2.21. The summed E-state index contributed by atoms with van der Waals surface area (Å²) in [5.41, 5.74) is 1.09. The van der Waals surface area contributed by atoms with Gasteiger partial charge in [-0.2, -0.15) is 0 Å². The Morgan fingerprint density at radius 2 is 2.30 bits per heavy atom. The number of hydrogen-bond donors (Lipinski definition) is 1. The van der Waals surface area contributed by atoms with Crippen LogP contribution in [0.2, 0.25) is 0 Å². The van der Waals surface area contributed by atoms with Gasteiger partial charge in [-0.3, -0.25) is 0 Å². The molecule has 20 heavy (non-hydrogen) atoms. The van der Waals surface area contributed by atoms with Gasteiger partial charge in [0.1, 0.15) is 0 Å². The summed E-state index contributed by atoms with van der Waals surface area (Å²) in [5, 5.41) is 8.62. The molecule has 0 spiro atoms. The van der Waals surface area contributed by atoms with E-state index in [1.54, 1.807) is 22.7 Å². The Kier molecular flexibility index (Phi) is 5.55. The summed E-state index contributed by atoms with van der Waals surface area (Å²) >= 11 is 3.42. The third-order valence-corrected chi connectivity index (χ3v) is 4.41. The topological polar surface area (TPSA) is 40.5 Å². The lowest BCUT2D eigenvalue weighted by Crippen LogP contribution is -2.38. The van der Waals surface area contributed by atoms with Crippen LogP contribution in [-0.4, -0.2) is 29.4 Å². The Bertz CT molecular complexity index is 545. The molecule has 0 radical (unpaired) electrons. The van der Waals surface area contributed by atoms with Gasteiger partial charge in [0, 0.05) is 23.8 Å². The van der Waals surface area contributed by atoms with Crippen molar-refractivity contribution in [2.75, 3.05) is 13.6 Å². The highest BCUT2D eigenvalue weighted by Gasteiger charge is 2.08. The van der Waals surface area contributed by atoms with Gasteiger partial charge < -0.3 is 10.2 Å². The first-order chi connectivity index (χ1) is 9.69. The number of aliphatic imine (C=N–C) groups is 1. The number of hydrogen-bond acceptors (Lipinski definition) is 4. The van der Waals surface area contributed by atoms with Crippen molar-refractivity contribution in [2.45, 2.75) is 26.9 Å². The monoisotopic (exact) mass is 308 g/mol. The van der Waals surface area contributed by atoms with E-state index in [4.69, 9.17) is 0 Å². The average Bonchev–Trinajstić information content (AvgIpc) is 3.06. The summed E-state index contributed by atoms with van der Waals surface area (Å²) in [5.74, 6) is 0.923. The van der Waals surface area contributed by atoms with Gasteiger partial charge in [-0.25, -0.2) is 9.98 Å². The van der Waals surface area contributed by atoms with Crippen LogP contribution in [0.15, 0.2) is 27.9 Å². The van der Waals surface area contributed by atoms with Crippen molar-refractivity contribution in [1.82, 2.24) is 15.2 Å². The molecule has 0 atom stereocenters. The Hall–Kier alpha value is -1.40. The molecule has 108 valence electrons. The van der Waals surface area contributed by atoms with E-state index in [-0.39, 0.29) is 0 Å². The molecule has 2 aromatic rings. The van der Waals surface area contributed by atoms with Gasteiger partial charge in [0.25, 0.3) is 0 Å². The lowest BCUT2D eigenvalue weighted by molar-refractivity contribution is 0.471. The molecule has 2 heterocycles. The number of thiazole rings is 1. The second-order valence-electron chi connectivity index (χ2n) is 4.46. The van der Waals surface area contributed by atoms with E-state index in [1.165, 1.54) is 4.88 Å². The fourth-order valence-corrected chi connectivity index (χ4v) is 3.06. The molecule has 0 saturated heterocycles. The van der Waals surface area contributed by atoms with Crippen LogP contribution < -0.4 is 5.32 Å². The molecule has 0 fully saturated rings. The predicted molar refractivity (Wildman–Crippen MR) is 87.5 cm³/mol. The Morgan fingerprint density at radius 3 is 2.90 bits per heavy atom. The normalized spacial score (nSPS) is 11.7. The summed E-state index contributed by atoms with van der Waals surface area (Å²) in [4.78, 5) is 12.6. The van der Waals surface area contributed by atoms with Crippen molar-refractivity contribution in [2.24, 2.45) is 4.99 Å². The summed E-state index contributed by atoms with van der Waals surface area (Å²) < 4.78 is 0. The summed E-state index contributed by atoms with van der Waals surface area (Å²) in [6.07, 6.45) is 0. The van der Waals surface area contributed by atoms with Gasteiger partial charge in [-0.15, -0.1) is 22.7 Å². The maximum Gasteiger partial charge on any atom is 0.194 e. The highest BCUT2D eigenvalue weighted by atomic mass is 32.1. The molecule has 0 unspecified atom stereocenters. The summed E-state index contributed by atoms with van der Waals surface area (Å²) in [6.45, 7) is 6.48. The molecule has 0 bridgehead atoms. The first kappa shape index (κ1) is 15.0. The van der Waals surface area contributed by atoms with Crippen molar-refractivity contribution in [3.8, 4) is 0 Å². The number of rotatable bonds is 5. The number of aryl methyl sites for hydroxylation is 1. The van der Waals surface area contributed by atoms with Gasteiger partial charge in [0.2, 0.25) is 0 Å². The van der Waals surface area contributed by atoms with E-state index >= 15 is 0 Å². The van der Waals surface area contributed by atoms with E-state index in [2.05, 4.69) is 50.0 Å². The van der Waals surface area contributed by atoms with E-state index in [0.717, 1.165) is 36.3 Å². The smallest absolute Gasteiger partial charge is 0.194 e. The van der Waals surface area contributed by atoms with Gasteiger partial charge >= 0.3 is 0 Å². The van der Waals surface area contributed by atoms with Gasteiger partial charge in [0.15, 0.2) is 5.96 Å². The zero-order valence-corrected chi connectivity index (χ0v) is 13.7. The van der Waals surface area contributed by atoms with E-state index in [1.807, 2.05) is 14.0 Å². The van der Waals surface area contributed by atoms with Crippen molar-refractivity contribution < 1.29 is 0 Å². The van der Waals surface area contributed by atoms with Crippen molar-refractivity contribution >= 4 is 28.6 Å². The van der Waals surface area contributed by atoms with Crippen LogP contribution in [-0.2, 0) is 13.1 Å². The number of aromatic nitrogens is 1. The molecule has 0 aliphatic heterocycles. The summed E-state index contributed by atoms with van der Waals surface area (Å²) in [6, 6.07) is 4.17. The summed E-state index contributed by atoms with van der Waals surface area (Å²) in [7, 11) is 2.05. The molecule has 2 rings (SSSR count). The third kappa shape index (κ3) is 4.31. The number of thiophene rings is 1. The van der Waals surface area contributed by atoms with Crippen molar-refractivity contribution in [3.63, 3.8) is 0 Å². The van der Waals surface area contributed by atoms with Crippen LogP contribution in [0.25, 0.3) is 0 Å². The zero-order valence-electron chi connectivity index (χ0n) is 12.1. The van der Waals surface area contributed by atoms with Crippen LogP contribution in [0.1, 0.15) is 22.5 Å². The molecule has 0 saturated carbocycles. The maximum atomic E-state index is 4.68. The fourth-order valence-electron chi connectivity index (χ4n) is 1.82. The van der Waals surface area contributed by atoms with Gasteiger partial charge in [-0.1, -0.05) is 6.07 Å². The first-order valence-corrected chi connectivity index (χ1v) is 8.37. The molecule has 0 amide bonds. The standard InChI is InChI=1S/C14H20N4S2/c1-4-15-14(16-8-13-6-5-7-19-13)18(3)9-12-10-20-11(2)17-12/h5-7,10H,4,8-9H2,1-3H3,(H,15,16). The molecule has 0 aliphatic carbocycles. The Balaban J connectivity index is 2.01. The molecule has 0 aliphatic rings. The van der Waals surface area contributed by atoms with Crippen molar-refractivity contribution in [3.05, 3.63) is 38.5 Å². The minimum Gasteiger partial charge on any atom is -0.357 e. The van der Waals surface area contributed by atoms with Crippen LogP contribution in [0, 0.1) is 6.92 Å². The SMILES string of the molecule is CCNC(=NCc1cccs1)N(C)Cc1csc(C)n1. The van der Waals surface area contributed by atoms with Gasteiger partial charge in [-0.05, 0) is 25.3 Å². The molecule has 6 heteroatoms. The molecule has 4 nitrogen and oxygen atoms in total. The molecule has 1 N–H and O–H groups in total. The quantitative estimate of drug-likeness (QED) is 0.681. The number of guanidine groups is 1. The minimum atomic E-state index is 0.723. The Morgan fingerprint density at radius 1 is 1.45 bits per heavy atom. The second kappa shape index (κ2) is 7.40. The molecule has 0 aromatic carbocycles. The number of nitrogens with one attached hydrogen (secondary N) is 1.